The number of Topliss-reactive ketones (excluding diaryl/α,β-unsaturated/α-hetero) is 1. The van der Waals surface area contributed by atoms with Gasteiger partial charge in [0.1, 0.15) is 0 Å². The molecule has 0 radical (unpaired) electrons. The third-order valence-electron chi connectivity index (χ3n) is 5.01. The van der Waals surface area contributed by atoms with Crippen LogP contribution < -0.4 is 5.32 Å². The Morgan fingerprint density at radius 1 is 1.27 bits per heavy atom. The molecule has 0 spiro atoms. The standard InChI is InChI=1S/C19H21NO2/c1-12(17-15(21)11-14-18(17)19(14,2)3)20-16(22)10-9-13-7-5-4-6-8-13/h4-10,14,18H,11H2,1-3H3,(H,20,22). The molecule has 0 aliphatic heterocycles. The maximum absolute atomic E-state index is 12.1. The molecule has 1 amide bonds. The van der Waals surface area contributed by atoms with Crippen molar-refractivity contribution in [2.45, 2.75) is 27.2 Å². The van der Waals surface area contributed by atoms with Crippen LogP contribution in [0.2, 0.25) is 0 Å². The quantitative estimate of drug-likeness (QED) is 0.869. The second-order valence-corrected chi connectivity index (χ2v) is 6.80. The number of nitrogens with one attached hydrogen (secondary N) is 1. The molecule has 3 nitrogen and oxygen atoms in total. The third-order valence-corrected chi connectivity index (χ3v) is 5.01. The molecule has 2 unspecified atom stereocenters. The molecule has 0 saturated heterocycles. The summed E-state index contributed by atoms with van der Waals surface area (Å²) in [4.78, 5) is 24.1. The second kappa shape index (κ2) is 5.24. The topological polar surface area (TPSA) is 46.2 Å². The van der Waals surface area contributed by atoms with Gasteiger partial charge in [-0.15, -0.1) is 0 Å². The van der Waals surface area contributed by atoms with Crippen LogP contribution in [-0.4, -0.2) is 11.7 Å². The van der Waals surface area contributed by atoms with Crippen LogP contribution in [0.4, 0.5) is 0 Å². The molecule has 114 valence electrons. The van der Waals surface area contributed by atoms with E-state index in [4.69, 9.17) is 0 Å². The van der Waals surface area contributed by atoms with Gasteiger partial charge in [-0.05, 0) is 35.8 Å². The first-order valence-electron chi connectivity index (χ1n) is 7.69. The summed E-state index contributed by atoms with van der Waals surface area (Å²) >= 11 is 0. The van der Waals surface area contributed by atoms with Gasteiger partial charge >= 0.3 is 0 Å². The Labute approximate surface area is 131 Å². The van der Waals surface area contributed by atoms with Crippen LogP contribution >= 0.6 is 0 Å². The summed E-state index contributed by atoms with van der Waals surface area (Å²) in [6.45, 7) is 6.22. The molecule has 1 N–H and O–H groups in total. The summed E-state index contributed by atoms with van der Waals surface area (Å²) in [5.74, 6) is 0.780. The summed E-state index contributed by atoms with van der Waals surface area (Å²) in [5.41, 5.74) is 2.72. The van der Waals surface area contributed by atoms with Crippen molar-refractivity contribution in [3.05, 3.63) is 53.2 Å². The summed E-state index contributed by atoms with van der Waals surface area (Å²) in [6.07, 6.45) is 3.90. The zero-order valence-electron chi connectivity index (χ0n) is 13.2. The molecule has 3 heteroatoms. The molecule has 2 saturated carbocycles. The van der Waals surface area contributed by atoms with Gasteiger partial charge in [-0.3, -0.25) is 9.59 Å². The van der Waals surface area contributed by atoms with E-state index in [9.17, 15) is 9.59 Å². The van der Waals surface area contributed by atoms with E-state index in [-0.39, 0.29) is 17.1 Å². The number of benzene rings is 1. The van der Waals surface area contributed by atoms with Gasteiger partial charge < -0.3 is 5.32 Å². The molecular formula is C19H21NO2. The molecule has 1 aromatic rings. The van der Waals surface area contributed by atoms with E-state index in [1.165, 1.54) is 6.08 Å². The highest BCUT2D eigenvalue weighted by Crippen LogP contribution is 2.68. The summed E-state index contributed by atoms with van der Waals surface area (Å²) < 4.78 is 0. The Balaban J connectivity index is 1.70. The number of ketones is 1. The Morgan fingerprint density at radius 3 is 2.59 bits per heavy atom. The summed E-state index contributed by atoms with van der Waals surface area (Å²) in [7, 11) is 0. The van der Waals surface area contributed by atoms with Crippen molar-refractivity contribution < 1.29 is 9.59 Å². The van der Waals surface area contributed by atoms with Crippen LogP contribution in [0.25, 0.3) is 6.08 Å². The van der Waals surface area contributed by atoms with Crippen molar-refractivity contribution >= 4 is 17.8 Å². The van der Waals surface area contributed by atoms with Gasteiger partial charge in [0.15, 0.2) is 5.78 Å². The van der Waals surface area contributed by atoms with Crippen LogP contribution in [0.3, 0.4) is 0 Å². The van der Waals surface area contributed by atoms with Gasteiger partial charge in [0.05, 0.1) is 0 Å². The van der Waals surface area contributed by atoms with Crippen LogP contribution in [0.1, 0.15) is 32.8 Å². The van der Waals surface area contributed by atoms with Crippen LogP contribution in [0, 0.1) is 17.3 Å². The lowest BCUT2D eigenvalue weighted by Crippen LogP contribution is -2.23. The maximum atomic E-state index is 12.1. The predicted octanol–water partition coefficient (Wildman–Crippen LogP) is 3.34. The number of fused-ring (bicyclic) bond motifs is 1. The van der Waals surface area contributed by atoms with Gasteiger partial charge in [0.25, 0.3) is 0 Å². The average Bonchev–Trinajstić information content (AvgIpc) is 2.84. The minimum absolute atomic E-state index is 0.191. The second-order valence-electron chi connectivity index (χ2n) is 6.80. The van der Waals surface area contributed by atoms with Crippen LogP contribution in [0.5, 0.6) is 0 Å². The fraction of sp³-hybridized carbons (Fsp3) is 0.368. The smallest absolute Gasteiger partial charge is 0.248 e. The molecule has 0 bridgehead atoms. The lowest BCUT2D eigenvalue weighted by molar-refractivity contribution is -0.115. The molecule has 3 rings (SSSR count). The van der Waals surface area contributed by atoms with Crippen molar-refractivity contribution in [3.8, 4) is 0 Å². The minimum atomic E-state index is -0.191. The molecule has 1 aromatic carbocycles. The van der Waals surface area contributed by atoms with E-state index >= 15 is 0 Å². The fourth-order valence-corrected chi connectivity index (χ4v) is 3.65. The molecular weight excluding hydrogens is 274 g/mol. The Hall–Kier alpha value is -2.16. The molecule has 2 aliphatic rings. The highest BCUT2D eigenvalue weighted by atomic mass is 16.1. The highest BCUT2D eigenvalue weighted by molar-refractivity contribution is 6.02. The molecule has 0 heterocycles. The van der Waals surface area contributed by atoms with Crippen molar-refractivity contribution in [2.24, 2.45) is 17.3 Å². The third kappa shape index (κ3) is 2.52. The Kier molecular flexibility index (Phi) is 3.51. The van der Waals surface area contributed by atoms with Gasteiger partial charge in [-0.25, -0.2) is 0 Å². The fourth-order valence-electron chi connectivity index (χ4n) is 3.65. The number of allylic oxidation sites excluding steroid dienone is 2. The van der Waals surface area contributed by atoms with Gasteiger partial charge in [-0.2, -0.15) is 0 Å². The zero-order valence-corrected chi connectivity index (χ0v) is 13.2. The number of hydrogen-bond donors (Lipinski definition) is 1. The monoisotopic (exact) mass is 295 g/mol. The number of hydrogen-bond acceptors (Lipinski definition) is 2. The van der Waals surface area contributed by atoms with E-state index in [2.05, 4.69) is 19.2 Å². The van der Waals surface area contributed by atoms with Gasteiger partial charge in [-0.1, -0.05) is 44.2 Å². The van der Waals surface area contributed by atoms with Crippen molar-refractivity contribution in [1.82, 2.24) is 5.32 Å². The first-order chi connectivity index (χ1) is 10.4. The lowest BCUT2D eigenvalue weighted by Gasteiger charge is -2.13. The first kappa shape index (κ1) is 14.8. The number of carbonyl (C=O) groups is 2. The lowest BCUT2D eigenvalue weighted by atomic mass is 9.95. The number of carbonyl (C=O) groups excluding carboxylic acids is 2. The number of rotatable bonds is 3. The molecule has 2 atom stereocenters. The van der Waals surface area contributed by atoms with Crippen molar-refractivity contribution in [1.29, 1.82) is 0 Å². The van der Waals surface area contributed by atoms with Crippen molar-refractivity contribution in [2.75, 3.05) is 0 Å². The normalized spacial score (nSPS) is 27.7. The van der Waals surface area contributed by atoms with E-state index in [1.54, 1.807) is 6.08 Å². The molecule has 2 aliphatic carbocycles. The Bertz CT molecular complexity index is 683. The zero-order chi connectivity index (χ0) is 15.9. The van der Waals surface area contributed by atoms with E-state index in [1.807, 2.05) is 37.3 Å². The van der Waals surface area contributed by atoms with E-state index < -0.39 is 0 Å². The average molecular weight is 295 g/mol. The summed E-state index contributed by atoms with van der Waals surface area (Å²) in [6, 6.07) is 9.67. The highest BCUT2D eigenvalue weighted by Gasteiger charge is 2.65. The van der Waals surface area contributed by atoms with Gasteiger partial charge in [0, 0.05) is 23.8 Å². The molecule has 2 fully saturated rings. The minimum Gasteiger partial charge on any atom is -0.326 e. The molecule has 22 heavy (non-hydrogen) atoms. The SMILES string of the molecule is CC(NC(=O)C=Cc1ccccc1)=C1C(=O)CC2C1C2(C)C. The number of amides is 1. The largest absolute Gasteiger partial charge is 0.326 e. The first-order valence-corrected chi connectivity index (χ1v) is 7.69. The van der Waals surface area contributed by atoms with Gasteiger partial charge in [0.2, 0.25) is 5.91 Å². The summed E-state index contributed by atoms with van der Waals surface area (Å²) in [5, 5.41) is 2.85. The predicted molar refractivity (Wildman–Crippen MR) is 86.7 cm³/mol. The van der Waals surface area contributed by atoms with Crippen LogP contribution in [-0.2, 0) is 9.59 Å². The molecule has 0 aromatic heterocycles. The maximum Gasteiger partial charge on any atom is 0.248 e. The van der Waals surface area contributed by atoms with E-state index in [0.29, 0.717) is 24.0 Å². The Morgan fingerprint density at radius 2 is 1.95 bits per heavy atom. The van der Waals surface area contributed by atoms with Crippen molar-refractivity contribution in [3.63, 3.8) is 0 Å². The van der Waals surface area contributed by atoms with E-state index in [0.717, 1.165) is 11.1 Å². The van der Waals surface area contributed by atoms with Crippen LogP contribution in [0.15, 0.2) is 47.7 Å².